The van der Waals surface area contributed by atoms with Crippen molar-refractivity contribution in [1.82, 2.24) is 19.0 Å². The van der Waals surface area contributed by atoms with Crippen LogP contribution < -0.4 is 5.56 Å². The number of aromatic nitrogens is 3. The highest BCUT2D eigenvalue weighted by Gasteiger charge is 2.36. The summed E-state index contributed by atoms with van der Waals surface area (Å²) in [4.78, 5) is 32.3. The van der Waals surface area contributed by atoms with Crippen LogP contribution in [0.15, 0.2) is 53.7 Å². The average molecular weight is 486 g/mol. The van der Waals surface area contributed by atoms with Crippen LogP contribution in [0.3, 0.4) is 0 Å². The van der Waals surface area contributed by atoms with Crippen LogP contribution in [0.1, 0.15) is 53.2 Å². The Bertz CT molecular complexity index is 1310. The fourth-order valence-electron chi connectivity index (χ4n) is 4.85. The molecule has 1 aromatic carbocycles. The molecule has 0 unspecified atom stereocenters. The number of carbonyl (C=O) groups excluding carboxylic acids is 1. The van der Waals surface area contributed by atoms with E-state index in [0.717, 1.165) is 17.8 Å². The van der Waals surface area contributed by atoms with Gasteiger partial charge in [0, 0.05) is 25.3 Å². The van der Waals surface area contributed by atoms with Crippen LogP contribution >= 0.6 is 0 Å². The van der Waals surface area contributed by atoms with Crippen LogP contribution in [-0.4, -0.2) is 43.6 Å². The van der Waals surface area contributed by atoms with Gasteiger partial charge in [0.25, 0.3) is 11.5 Å². The highest BCUT2D eigenvalue weighted by molar-refractivity contribution is 5.93. The fraction of sp³-hybridized carbons (Fsp3) is 0.400. The number of amides is 1. The maximum absolute atomic E-state index is 13.3. The Balaban J connectivity index is 1.30. The molecule has 5 rings (SSSR count). The van der Waals surface area contributed by atoms with Crippen molar-refractivity contribution in [2.45, 2.75) is 57.7 Å². The lowest BCUT2D eigenvalue weighted by Gasteiger charge is -2.36. The molecule has 35 heavy (non-hydrogen) atoms. The normalized spacial score (nSPS) is 22.5. The molecular weight excluding hydrogens is 461 g/mol. The molecule has 0 bridgehead atoms. The van der Waals surface area contributed by atoms with Gasteiger partial charge in [0.05, 0.1) is 29.8 Å². The predicted octanol–water partition coefficient (Wildman–Crippen LogP) is 4.13. The third-order valence-corrected chi connectivity index (χ3v) is 6.72. The molecule has 7 nitrogen and oxygen atoms in total. The quantitative estimate of drug-likeness (QED) is 0.556. The van der Waals surface area contributed by atoms with E-state index >= 15 is 0 Å². The van der Waals surface area contributed by atoms with Gasteiger partial charge in [-0.2, -0.15) is 13.2 Å². The molecule has 4 heterocycles. The van der Waals surface area contributed by atoms with Crippen LogP contribution in [-0.2, 0) is 17.5 Å². The zero-order valence-corrected chi connectivity index (χ0v) is 19.3. The van der Waals surface area contributed by atoms with Gasteiger partial charge in [0.2, 0.25) is 0 Å². The molecule has 3 aromatic rings. The van der Waals surface area contributed by atoms with E-state index < -0.39 is 11.7 Å². The van der Waals surface area contributed by atoms with Crippen molar-refractivity contribution in [3.63, 3.8) is 0 Å². The molecule has 1 saturated heterocycles. The number of imidazole rings is 1. The molecule has 0 spiro atoms. The van der Waals surface area contributed by atoms with Crippen LogP contribution in [0.4, 0.5) is 13.2 Å². The van der Waals surface area contributed by atoms with Crippen molar-refractivity contribution in [2.24, 2.45) is 0 Å². The molecule has 0 saturated carbocycles. The Labute approximate surface area is 199 Å². The molecule has 10 heteroatoms. The summed E-state index contributed by atoms with van der Waals surface area (Å²) in [5, 5.41) is 0. The molecule has 1 fully saturated rings. The van der Waals surface area contributed by atoms with Crippen LogP contribution in [0, 0.1) is 6.92 Å². The third-order valence-electron chi connectivity index (χ3n) is 6.72. The van der Waals surface area contributed by atoms with E-state index in [9.17, 15) is 22.8 Å². The molecule has 184 valence electrons. The number of rotatable bonds is 4. The lowest BCUT2D eigenvalue weighted by molar-refractivity contribution is -0.137. The minimum Gasteiger partial charge on any atom is -0.368 e. The average Bonchev–Trinajstić information content (AvgIpc) is 3.46. The van der Waals surface area contributed by atoms with Gasteiger partial charge in [-0.1, -0.05) is 12.1 Å². The van der Waals surface area contributed by atoms with Crippen LogP contribution in [0.25, 0.3) is 5.69 Å². The first kappa shape index (κ1) is 23.3. The first-order chi connectivity index (χ1) is 16.6. The zero-order chi connectivity index (χ0) is 24.9. The summed E-state index contributed by atoms with van der Waals surface area (Å²) < 4.78 is 47.8. The third kappa shape index (κ3) is 4.38. The Morgan fingerprint density at radius 3 is 2.49 bits per heavy atom. The van der Waals surface area contributed by atoms with Gasteiger partial charge >= 0.3 is 6.18 Å². The molecule has 2 aromatic heterocycles. The summed E-state index contributed by atoms with van der Waals surface area (Å²) in [6.07, 6.45) is -0.240. The number of nitrogens with zero attached hydrogens (tertiary/aromatic N) is 4. The maximum Gasteiger partial charge on any atom is 0.416 e. The van der Waals surface area contributed by atoms with Crippen molar-refractivity contribution in [2.75, 3.05) is 6.54 Å². The highest BCUT2D eigenvalue weighted by atomic mass is 19.4. The lowest BCUT2D eigenvalue weighted by atomic mass is 10.0. The number of ether oxygens (including phenoxy) is 1. The summed E-state index contributed by atoms with van der Waals surface area (Å²) in [5.41, 5.74) is 1.29. The monoisotopic (exact) mass is 486 g/mol. The van der Waals surface area contributed by atoms with Gasteiger partial charge in [-0.05, 0) is 56.5 Å². The Kier molecular flexibility index (Phi) is 5.79. The number of benzene rings is 1. The van der Waals surface area contributed by atoms with Crippen molar-refractivity contribution in [3.8, 4) is 5.69 Å². The van der Waals surface area contributed by atoms with E-state index in [1.54, 1.807) is 34.1 Å². The number of hydrogen-bond donors (Lipinski definition) is 0. The maximum atomic E-state index is 13.3. The number of carbonyl (C=O) groups is 1. The Morgan fingerprint density at radius 2 is 1.83 bits per heavy atom. The second-order valence-corrected chi connectivity index (χ2v) is 9.19. The van der Waals surface area contributed by atoms with Crippen molar-refractivity contribution in [1.29, 1.82) is 0 Å². The van der Waals surface area contributed by atoms with Crippen molar-refractivity contribution >= 4 is 5.91 Å². The summed E-state index contributed by atoms with van der Waals surface area (Å²) in [5.74, 6) is -0.240. The highest BCUT2D eigenvalue weighted by Crippen LogP contribution is 2.36. The van der Waals surface area contributed by atoms with E-state index in [1.165, 1.54) is 16.7 Å². The van der Waals surface area contributed by atoms with Crippen LogP contribution in [0.5, 0.6) is 0 Å². The fourth-order valence-corrected chi connectivity index (χ4v) is 4.85. The molecule has 1 amide bonds. The Hall–Kier alpha value is -3.40. The van der Waals surface area contributed by atoms with Crippen LogP contribution in [0.2, 0.25) is 0 Å². The van der Waals surface area contributed by atoms with E-state index in [4.69, 9.17) is 4.74 Å². The van der Waals surface area contributed by atoms with Gasteiger partial charge in [-0.3, -0.25) is 9.59 Å². The minimum absolute atomic E-state index is 0.221. The summed E-state index contributed by atoms with van der Waals surface area (Å²) in [6.45, 7) is 4.44. The molecule has 2 aliphatic heterocycles. The topological polar surface area (TPSA) is 69.4 Å². The first-order valence-electron chi connectivity index (χ1n) is 11.5. The number of hydrogen-bond acceptors (Lipinski definition) is 4. The van der Waals surface area contributed by atoms with Gasteiger partial charge < -0.3 is 18.8 Å². The summed E-state index contributed by atoms with van der Waals surface area (Å²) in [6, 6.07) is 8.11. The Morgan fingerprint density at radius 1 is 1.09 bits per heavy atom. The van der Waals surface area contributed by atoms with Crippen molar-refractivity contribution in [3.05, 3.63) is 81.8 Å². The molecule has 0 N–H and O–H groups in total. The predicted molar refractivity (Wildman–Crippen MR) is 121 cm³/mol. The van der Waals surface area contributed by atoms with E-state index in [2.05, 4.69) is 4.98 Å². The minimum atomic E-state index is -4.38. The number of alkyl halides is 3. The number of pyridine rings is 1. The van der Waals surface area contributed by atoms with Gasteiger partial charge in [0.1, 0.15) is 11.4 Å². The molecule has 3 atom stereocenters. The summed E-state index contributed by atoms with van der Waals surface area (Å²) in [7, 11) is 0. The number of aryl methyl sites for hydroxylation is 1. The van der Waals surface area contributed by atoms with E-state index in [1.807, 2.05) is 13.8 Å². The smallest absolute Gasteiger partial charge is 0.368 e. The van der Waals surface area contributed by atoms with Gasteiger partial charge in [0.15, 0.2) is 0 Å². The SMILES string of the molecule is Cc1cn(-c2ccc3n(c2=O)C[C@@H](C)N(C[C@@H]2CC[C@H](c4ccc(C(F)(F)F)cc4)O2)C3=O)cn1. The molecule has 0 aliphatic carbocycles. The van der Waals surface area contributed by atoms with E-state index in [-0.39, 0.29) is 29.7 Å². The molecular formula is C25H25F3N4O3. The standard InChI is InChI=1S/C25H25F3N4O3/c1-15-11-30(14-29-15)20-8-9-21-24(34)31(16(2)12-32(21)23(20)33)13-19-7-10-22(35-19)17-3-5-18(6-4-17)25(26,27)28/h3-6,8-9,11,14,16,19,22H,7,10,12-13H2,1-2H3/t16-,19+,22-/m1/s1. The van der Waals surface area contributed by atoms with E-state index in [0.29, 0.717) is 42.9 Å². The van der Waals surface area contributed by atoms with Crippen molar-refractivity contribution < 1.29 is 22.7 Å². The number of halogens is 3. The zero-order valence-electron chi connectivity index (χ0n) is 19.3. The second-order valence-electron chi connectivity index (χ2n) is 9.19. The molecule has 2 aliphatic rings. The first-order valence-corrected chi connectivity index (χ1v) is 11.5. The summed E-state index contributed by atoms with van der Waals surface area (Å²) >= 11 is 0. The molecule has 0 radical (unpaired) electrons. The lowest BCUT2D eigenvalue weighted by Crippen LogP contribution is -2.52. The van der Waals surface area contributed by atoms with Gasteiger partial charge in [-0.25, -0.2) is 4.98 Å². The second kappa shape index (κ2) is 8.67. The largest absolute Gasteiger partial charge is 0.416 e. The van der Waals surface area contributed by atoms with Gasteiger partial charge in [-0.15, -0.1) is 0 Å². The number of fused-ring (bicyclic) bond motifs is 1.